The minimum atomic E-state index is -0.224. The van der Waals surface area contributed by atoms with Crippen molar-refractivity contribution in [1.82, 2.24) is 29.7 Å². The molecule has 0 spiro atoms. The molecule has 0 unspecified atom stereocenters. The third-order valence-corrected chi connectivity index (χ3v) is 2.99. The maximum Gasteiger partial charge on any atom is 0.257 e. The summed E-state index contributed by atoms with van der Waals surface area (Å²) in [7, 11) is 1.86. The Morgan fingerprint density at radius 2 is 2.15 bits per heavy atom. The van der Waals surface area contributed by atoms with E-state index in [4.69, 9.17) is 4.42 Å². The van der Waals surface area contributed by atoms with Crippen LogP contribution in [0.5, 0.6) is 0 Å². The first-order valence-electron chi connectivity index (χ1n) is 6.27. The Hall–Kier alpha value is -2.64. The molecule has 0 radical (unpaired) electrons. The Kier molecular flexibility index (Phi) is 2.97. The number of aryl methyl sites for hydroxylation is 2. The van der Waals surface area contributed by atoms with Crippen molar-refractivity contribution in [3.8, 4) is 0 Å². The predicted molar refractivity (Wildman–Crippen MR) is 69.0 cm³/mol. The average Bonchev–Trinajstić information content (AvgIpc) is 3.14. The Bertz CT molecular complexity index is 753. The molecule has 3 heterocycles. The third kappa shape index (κ3) is 2.04. The monoisotopic (exact) mass is 274 g/mol. The van der Waals surface area contributed by atoms with E-state index in [-0.39, 0.29) is 12.5 Å². The van der Waals surface area contributed by atoms with Crippen molar-refractivity contribution in [2.75, 3.05) is 0 Å². The molecule has 8 nitrogen and oxygen atoms in total. The standard InChI is InChI=1S/C12H14N6O2/c1-3-9-15-16-10(20-9)7-13-11(19)8-6-14-18-5-4-17(2)12(8)18/h4-6H,3,7H2,1-2H3,(H,13,19). The number of carbonyl (C=O) groups excluding carboxylic acids is 1. The van der Waals surface area contributed by atoms with E-state index >= 15 is 0 Å². The number of aromatic nitrogens is 5. The smallest absolute Gasteiger partial charge is 0.257 e. The van der Waals surface area contributed by atoms with Crippen LogP contribution >= 0.6 is 0 Å². The summed E-state index contributed by atoms with van der Waals surface area (Å²) in [4.78, 5) is 12.2. The van der Waals surface area contributed by atoms with Gasteiger partial charge in [0.1, 0.15) is 11.2 Å². The summed E-state index contributed by atoms with van der Waals surface area (Å²) in [5, 5.41) is 14.6. The van der Waals surface area contributed by atoms with Gasteiger partial charge in [-0.05, 0) is 0 Å². The van der Waals surface area contributed by atoms with Gasteiger partial charge in [0.2, 0.25) is 11.8 Å². The largest absolute Gasteiger partial charge is 0.423 e. The van der Waals surface area contributed by atoms with Crippen molar-refractivity contribution in [2.45, 2.75) is 19.9 Å². The molecule has 0 aliphatic heterocycles. The van der Waals surface area contributed by atoms with Gasteiger partial charge >= 0.3 is 0 Å². The molecule has 0 atom stereocenters. The molecular weight excluding hydrogens is 260 g/mol. The summed E-state index contributed by atoms with van der Waals surface area (Å²) in [6, 6.07) is 0. The molecule has 0 bridgehead atoms. The number of rotatable bonds is 4. The number of hydrogen-bond donors (Lipinski definition) is 1. The Morgan fingerprint density at radius 3 is 2.90 bits per heavy atom. The molecule has 1 amide bonds. The number of nitrogens with one attached hydrogen (secondary N) is 1. The maximum atomic E-state index is 12.2. The lowest BCUT2D eigenvalue weighted by molar-refractivity contribution is 0.0948. The molecule has 0 aliphatic rings. The first-order valence-corrected chi connectivity index (χ1v) is 6.27. The normalized spacial score (nSPS) is 11.1. The molecule has 1 N–H and O–H groups in total. The molecular formula is C12H14N6O2. The van der Waals surface area contributed by atoms with Crippen molar-refractivity contribution in [3.63, 3.8) is 0 Å². The van der Waals surface area contributed by atoms with E-state index in [0.717, 1.165) is 5.65 Å². The van der Waals surface area contributed by atoms with Gasteiger partial charge in [0.15, 0.2) is 0 Å². The molecule has 0 aliphatic carbocycles. The predicted octanol–water partition coefficient (Wildman–Crippen LogP) is 0.548. The highest BCUT2D eigenvalue weighted by Gasteiger charge is 2.15. The van der Waals surface area contributed by atoms with Crippen LogP contribution in [0.25, 0.3) is 5.65 Å². The molecule has 3 aromatic rings. The van der Waals surface area contributed by atoms with Crippen molar-refractivity contribution >= 4 is 11.6 Å². The Labute approximate surface area is 114 Å². The van der Waals surface area contributed by atoms with Crippen LogP contribution in [0, 0.1) is 0 Å². The highest BCUT2D eigenvalue weighted by Crippen LogP contribution is 2.10. The van der Waals surface area contributed by atoms with Crippen LogP contribution in [-0.4, -0.2) is 30.3 Å². The third-order valence-electron chi connectivity index (χ3n) is 2.99. The van der Waals surface area contributed by atoms with Crippen molar-refractivity contribution in [3.05, 3.63) is 35.9 Å². The molecule has 0 aromatic carbocycles. The van der Waals surface area contributed by atoms with E-state index in [1.165, 1.54) is 6.20 Å². The Balaban J connectivity index is 1.74. The first-order chi connectivity index (χ1) is 9.69. The number of fused-ring (bicyclic) bond motifs is 1. The number of amides is 1. The molecule has 0 saturated carbocycles. The van der Waals surface area contributed by atoms with Crippen molar-refractivity contribution in [2.24, 2.45) is 7.05 Å². The maximum absolute atomic E-state index is 12.2. The van der Waals surface area contributed by atoms with E-state index in [0.29, 0.717) is 23.8 Å². The highest BCUT2D eigenvalue weighted by atomic mass is 16.4. The molecule has 104 valence electrons. The van der Waals surface area contributed by atoms with Crippen LogP contribution in [0.2, 0.25) is 0 Å². The van der Waals surface area contributed by atoms with Crippen LogP contribution in [0.4, 0.5) is 0 Å². The number of imidazole rings is 1. The summed E-state index contributed by atoms with van der Waals surface area (Å²) in [5.41, 5.74) is 1.25. The van der Waals surface area contributed by atoms with Crippen molar-refractivity contribution < 1.29 is 9.21 Å². The second kappa shape index (κ2) is 4.80. The van der Waals surface area contributed by atoms with Gasteiger partial charge < -0.3 is 14.3 Å². The van der Waals surface area contributed by atoms with Crippen molar-refractivity contribution in [1.29, 1.82) is 0 Å². The summed E-state index contributed by atoms with van der Waals surface area (Å²) in [6.07, 6.45) is 5.84. The van der Waals surface area contributed by atoms with Gasteiger partial charge in [-0.3, -0.25) is 4.79 Å². The Morgan fingerprint density at radius 1 is 1.35 bits per heavy atom. The van der Waals surface area contributed by atoms with Gasteiger partial charge in [-0.25, -0.2) is 4.52 Å². The van der Waals surface area contributed by atoms with Crippen LogP contribution in [0.15, 0.2) is 23.0 Å². The number of hydrogen-bond acceptors (Lipinski definition) is 5. The average molecular weight is 274 g/mol. The summed E-state index contributed by atoms with van der Waals surface area (Å²) in [5.74, 6) is 0.730. The van der Waals surface area contributed by atoms with Crippen LogP contribution in [0.1, 0.15) is 29.1 Å². The zero-order valence-corrected chi connectivity index (χ0v) is 11.2. The fourth-order valence-electron chi connectivity index (χ4n) is 1.96. The molecule has 3 rings (SSSR count). The van der Waals surface area contributed by atoms with E-state index in [2.05, 4.69) is 20.6 Å². The zero-order chi connectivity index (χ0) is 14.1. The van der Waals surface area contributed by atoms with Gasteiger partial charge in [0.05, 0.1) is 12.7 Å². The number of carbonyl (C=O) groups is 1. The van der Waals surface area contributed by atoms with Gasteiger partial charge in [-0.1, -0.05) is 6.92 Å². The number of nitrogens with zero attached hydrogens (tertiary/aromatic N) is 5. The summed E-state index contributed by atoms with van der Waals surface area (Å²) < 4.78 is 8.82. The molecule has 3 aromatic heterocycles. The SMILES string of the molecule is CCc1nnc(CNC(=O)c2cnn3ccn(C)c23)o1. The summed E-state index contributed by atoms with van der Waals surface area (Å²) >= 11 is 0. The summed E-state index contributed by atoms with van der Waals surface area (Å²) in [6.45, 7) is 2.13. The van der Waals surface area contributed by atoms with E-state index in [1.54, 1.807) is 10.7 Å². The zero-order valence-electron chi connectivity index (χ0n) is 11.2. The minimum Gasteiger partial charge on any atom is -0.423 e. The fourth-order valence-corrected chi connectivity index (χ4v) is 1.96. The highest BCUT2D eigenvalue weighted by molar-refractivity contribution is 5.99. The van der Waals surface area contributed by atoms with Crippen LogP contribution in [-0.2, 0) is 20.0 Å². The quantitative estimate of drug-likeness (QED) is 0.750. The van der Waals surface area contributed by atoms with Gasteiger partial charge in [0.25, 0.3) is 5.91 Å². The topological polar surface area (TPSA) is 90.3 Å². The van der Waals surface area contributed by atoms with E-state index in [1.807, 2.05) is 24.7 Å². The lowest BCUT2D eigenvalue weighted by Gasteiger charge is -2.01. The van der Waals surface area contributed by atoms with Crippen LogP contribution in [0.3, 0.4) is 0 Å². The second-order valence-corrected chi connectivity index (χ2v) is 4.36. The molecule has 0 fully saturated rings. The van der Waals surface area contributed by atoms with Gasteiger partial charge in [-0.15, -0.1) is 10.2 Å². The van der Waals surface area contributed by atoms with Crippen LogP contribution < -0.4 is 5.32 Å². The molecule has 8 heteroatoms. The molecule has 20 heavy (non-hydrogen) atoms. The fraction of sp³-hybridized carbons (Fsp3) is 0.333. The molecule has 0 saturated heterocycles. The van der Waals surface area contributed by atoms with E-state index < -0.39 is 0 Å². The van der Waals surface area contributed by atoms with E-state index in [9.17, 15) is 4.79 Å². The lowest BCUT2D eigenvalue weighted by atomic mass is 10.3. The first kappa shape index (κ1) is 12.4. The second-order valence-electron chi connectivity index (χ2n) is 4.36. The minimum absolute atomic E-state index is 0.202. The van der Waals surface area contributed by atoms with Gasteiger partial charge in [-0.2, -0.15) is 5.10 Å². The van der Waals surface area contributed by atoms with Gasteiger partial charge in [0, 0.05) is 25.9 Å². The lowest BCUT2D eigenvalue weighted by Crippen LogP contribution is -2.23.